The fraction of sp³-hybridized carbons (Fsp3) is 0.167. The lowest BCUT2D eigenvalue weighted by Crippen LogP contribution is -2.10. The Kier molecular flexibility index (Phi) is 8.20. The molecule has 0 heterocycles. The number of carbonyl (C=O) groups is 2. The molecule has 0 aromatic heterocycles. The molecular weight excluding hydrogens is 457 g/mol. The van der Waals surface area contributed by atoms with E-state index in [1.54, 1.807) is 36.4 Å². The monoisotopic (exact) mass is 476 g/mol. The summed E-state index contributed by atoms with van der Waals surface area (Å²) in [7, 11) is 0. The molecule has 2 N–H and O–H groups in total. The van der Waals surface area contributed by atoms with E-state index in [9.17, 15) is 18.4 Å². The fourth-order valence-corrected chi connectivity index (χ4v) is 3.34. The molecular formula is C24H20Cl2F2N2O2. The zero-order chi connectivity index (χ0) is 23.1. The highest BCUT2D eigenvalue weighted by Crippen LogP contribution is 2.20. The fourth-order valence-electron chi connectivity index (χ4n) is 2.98. The van der Waals surface area contributed by atoms with E-state index in [4.69, 9.17) is 23.2 Å². The van der Waals surface area contributed by atoms with Crippen molar-refractivity contribution in [1.82, 2.24) is 0 Å². The van der Waals surface area contributed by atoms with Crippen LogP contribution in [0.4, 0.5) is 20.2 Å². The van der Waals surface area contributed by atoms with Crippen molar-refractivity contribution >= 4 is 46.1 Å². The van der Waals surface area contributed by atoms with Gasteiger partial charge in [-0.2, -0.15) is 0 Å². The lowest BCUT2D eigenvalue weighted by atomic mass is 10.0. The van der Waals surface area contributed by atoms with Crippen LogP contribution in [0.5, 0.6) is 0 Å². The number of hydrogen-bond donors (Lipinski definition) is 2. The van der Waals surface area contributed by atoms with Crippen molar-refractivity contribution in [3.63, 3.8) is 0 Å². The molecule has 0 aliphatic rings. The molecule has 8 heteroatoms. The van der Waals surface area contributed by atoms with E-state index in [1.807, 2.05) is 0 Å². The third-order valence-electron chi connectivity index (χ3n) is 4.73. The lowest BCUT2D eigenvalue weighted by Gasteiger charge is -2.08. The highest BCUT2D eigenvalue weighted by Gasteiger charge is 2.10. The number of nitrogens with one attached hydrogen (secondary N) is 2. The molecule has 4 nitrogen and oxygen atoms in total. The van der Waals surface area contributed by atoms with Crippen molar-refractivity contribution in [1.29, 1.82) is 0 Å². The Morgan fingerprint density at radius 3 is 1.38 bits per heavy atom. The first kappa shape index (κ1) is 23.7. The average molecular weight is 477 g/mol. The average Bonchev–Trinajstić information content (AvgIpc) is 2.78. The summed E-state index contributed by atoms with van der Waals surface area (Å²) in [6.07, 6.45) is 0.457. The Labute approximate surface area is 194 Å². The predicted octanol–water partition coefficient (Wildman–Crippen LogP) is 6.64. The normalized spacial score (nSPS) is 10.6. The van der Waals surface area contributed by atoms with Crippen LogP contribution in [0, 0.1) is 11.6 Å². The van der Waals surface area contributed by atoms with Gasteiger partial charge in [0.2, 0.25) is 0 Å². The smallest absolute Gasteiger partial charge is 0.164 e. The summed E-state index contributed by atoms with van der Waals surface area (Å²) >= 11 is 11.5. The molecule has 0 aliphatic heterocycles. The van der Waals surface area contributed by atoms with Gasteiger partial charge in [-0.15, -0.1) is 0 Å². The van der Waals surface area contributed by atoms with Crippen LogP contribution in [0.2, 0.25) is 10.0 Å². The summed E-state index contributed by atoms with van der Waals surface area (Å²) in [4.78, 5) is 24.7. The molecule has 166 valence electrons. The Morgan fingerprint density at radius 2 is 1.03 bits per heavy atom. The molecule has 0 saturated heterocycles. The van der Waals surface area contributed by atoms with Crippen LogP contribution < -0.4 is 10.6 Å². The molecule has 0 fully saturated rings. The van der Waals surface area contributed by atoms with Crippen molar-refractivity contribution in [2.24, 2.45) is 0 Å². The van der Waals surface area contributed by atoms with Gasteiger partial charge in [-0.05, 0) is 36.4 Å². The van der Waals surface area contributed by atoms with Gasteiger partial charge < -0.3 is 10.6 Å². The summed E-state index contributed by atoms with van der Waals surface area (Å²) in [6.45, 7) is 0.723. The van der Waals surface area contributed by atoms with Crippen LogP contribution in [0.25, 0.3) is 0 Å². The summed E-state index contributed by atoms with van der Waals surface area (Å²) < 4.78 is 26.4. The first-order valence-electron chi connectivity index (χ1n) is 9.88. The molecule has 3 aromatic carbocycles. The van der Waals surface area contributed by atoms with E-state index in [1.165, 1.54) is 24.3 Å². The van der Waals surface area contributed by atoms with Crippen LogP contribution in [0.3, 0.4) is 0 Å². The number of halogens is 4. The van der Waals surface area contributed by atoms with E-state index in [0.717, 1.165) is 0 Å². The predicted molar refractivity (Wildman–Crippen MR) is 124 cm³/mol. The minimum Gasteiger partial charge on any atom is -0.385 e. The second kappa shape index (κ2) is 11.1. The molecule has 0 spiro atoms. The van der Waals surface area contributed by atoms with Crippen molar-refractivity contribution in [2.45, 2.75) is 12.8 Å². The quantitative estimate of drug-likeness (QED) is 0.322. The zero-order valence-electron chi connectivity index (χ0n) is 16.9. The minimum atomic E-state index is -0.501. The van der Waals surface area contributed by atoms with Gasteiger partial charge in [-0.25, -0.2) is 8.78 Å². The zero-order valence-corrected chi connectivity index (χ0v) is 18.4. The molecule has 0 atom stereocenters. The maximum Gasteiger partial charge on any atom is 0.164 e. The summed E-state index contributed by atoms with van der Waals surface area (Å²) in [6, 6.07) is 15.0. The van der Waals surface area contributed by atoms with Crippen LogP contribution in [0.15, 0.2) is 60.7 Å². The van der Waals surface area contributed by atoms with Gasteiger partial charge in [0, 0.05) is 48.4 Å². The van der Waals surface area contributed by atoms with Gasteiger partial charge in [0.05, 0.1) is 10.0 Å². The van der Waals surface area contributed by atoms with Gasteiger partial charge in [-0.1, -0.05) is 47.5 Å². The lowest BCUT2D eigenvalue weighted by molar-refractivity contribution is 0.0975. The van der Waals surface area contributed by atoms with Crippen molar-refractivity contribution in [3.8, 4) is 0 Å². The Balaban J connectivity index is 1.45. The van der Waals surface area contributed by atoms with Gasteiger partial charge in [0.15, 0.2) is 11.6 Å². The number of rotatable bonds is 10. The summed E-state index contributed by atoms with van der Waals surface area (Å²) in [5.41, 5.74) is 2.25. The first-order chi connectivity index (χ1) is 15.3. The summed E-state index contributed by atoms with van der Waals surface area (Å²) in [5.74, 6) is -1.17. The van der Waals surface area contributed by atoms with Crippen LogP contribution in [-0.4, -0.2) is 24.7 Å². The van der Waals surface area contributed by atoms with Crippen molar-refractivity contribution < 1.29 is 18.4 Å². The SMILES string of the molecule is O=C(CCNc1ccc(F)c(Cl)c1)c1ccc(C(=O)CCNc2ccc(F)c(Cl)c2)cc1. The Bertz CT molecular complexity index is 1030. The minimum absolute atomic E-state index is 0.0123. The third kappa shape index (κ3) is 6.52. The molecule has 0 aliphatic carbocycles. The van der Waals surface area contributed by atoms with E-state index in [-0.39, 0.29) is 34.5 Å². The molecule has 0 radical (unpaired) electrons. The molecule has 32 heavy (non-hydrogen) atoms. The topological polar surface area (TPSA) is 58.2 Å². The van der Waals surface area contributed by atoms with E-state index in [2.05, 4.69) is 10.6 Å². The van der Waals surface area contributed by atoms with Gasteiger partial charge in [0.1, 0.15) is 11.6 Å². The third-order valence-corrected chi connectivity index (χ3v) is 5.31. The molecule has 0 unspecified atom stereocenters. The second-order valence-electron chi connectivity index (χ2n) is 7.04. The van der Waals surface area contributed by atoms with E-state index in [0.29, 0.717) is 35.6 Å². The van der Waals surface area contributed by atoms with Crippen LogP contribution in [0.1, 0.15) is 33.6 Å². The highest BCUT2D eigenvalue weighted by atomic mass is 35.5. The molecule has 0 amide bonds. The van der Waals surface area contributed by atoms with E-state index < -0.39 is 11.6 Å². The molecule has 3 rings (SSSR count). The van der Waals surface area contributed by atoms with Gasteiger partial charge >= 0.3 is 0 Å². The largest absolute Gasteiger partial charge is 0.385 e. The first-order valence-corrected chi connectivity index (χ1v) is 10.6. The van der Waals surface area contributed by atoms with Crippen molar-refractivity contribution in [2.75, 3.05) is 23.7 Å². The maximum atomic E-state index is 13.2. The highest BCUT2D eigenvalue weighted by molar-refractivity contribution is 6.31. The second-order valence-corrected chi connectivity index (χ2v) is 7.85. The van der Waals surface area contributed by atoms with Crippen molar-refractivity contribution in [3.05, 3.63) is 93.5 Å². The number of Topliss-reactive ketones (excluding diaryl/α,β-unsaturated/α-hetero) is 2. The summed E-state index contributed by atoms with van der Waals surface area (Å²) in [5, 5.41) is 6.07. The molecule has 3 aromatic rings. The van der Waals surface area contributed by atoms with Crippen LogP contribution in [-0.2, 0) is 0 Å². The standard InChI is InChI=1S/C24H20Cl2F2N2O2/c25-19-13-17(5-7-21(19)27)29-11-9-23(31)15-1-2-16(4-3-15)24(32)10-12-30-18-6-8-22(28)20(26)14-18/h1-8,13-14,29-30H,9-12H2. The Morgan fingerprint density at radius 1 is 0.656 bits per heavy atom. The number of hydrogen-bond acceptors (Lipinski definition) is 4. The molecule has 0 saturated carbocycles. The number of anilines is 2. The maximum absolute atomic E-state index is 13.2. The van der Waals surface area contributed by atoms with Gasteiger partial charge in [0.25, 0.3) is 0 Å². The molecule has 0 bridgehead atoms. The van der Waals surface area contributed by atoms with Gasteiger partial charge in [-0.3, -0.25) is 9.59 Å². The number of benzene rings is 3. The van der Waals surface area contributed by atoms with Crippen LogP contribution >= 0.6 is 23.2 Å². The number of ketones is 2. The Hall–Kier alpha value is -2.96. The number of carbonyl (C=O) groups excluding carboxylic acids is 2. The van der Waals surface area contributed by atoms with E-state index >= 15 is 0 Å².